The number of carbonyl (C=O) groups is 2. The van der Waals surface area contributed by atoms with Crippen LogP contribution in [0.25, 0.3) is 0 Å². The molecule has 0 atom stereocenters. The van der Waals surface area contributed by atoms with Crippen LogP contribution in [0.2, 0.25) is 0 Å². The molecule has 3 aromatic rings. The van der Waals surface area contributed by atoms with Gasteiger partial charge in [-0.2, -0.15) is 0 Å². The van der Waals surface area contributed by atoms with Crippen molar-refractivity contribution in [3.63, 3.8) is 0 Å². The summed E-state index contributed by atoms with van der Waals surface area (Å²) >= 11 is 0. The number of nitrogens with two attached hydrogens (primary N) is 1. The van der Waals surface area contributed by atoms with Crippen molar-refractivity contribution in [2.24, 2.45) is 5.73 Å². The average molecular weight is 538 g/mol. The number of unbranched alkanes of at least 4 members (excludes halogenated alkanes) is 2. The monoisotopic (exact) mass is 537 g/mol. The van der Waals surface area contributed by atoms with Crippen LogP contribution in [0.4, 0.5) is 5.69 Å². The Bertz CT molecular complexity index is 1140. The van der Waals surface area contributed by atoms with Gasteiger partial charge in [-0.3, -0.25) is 10.2 Å². The summed E-state index contributed by atoms with van der Waals surface area (Å²) in [7, 11) is 3.22. The Morgan fingerprint density at radius 3 is 2.35 bits per heavy atom. The summed E-state index contributed by atoms with van der Waals surface area (Å²) in [6.45, 7) is 1.49. The maximum atomic E-state index is 12.3. The van der Waals surface area contributed by atoms with Gasteiger partial charge in [0, 0.05) is 42.7 Å². The summed E-state index contributed by atoms with van der Waals surface area (Å²) < 4.78 is 5.37. The first kappa shape index (κ1) is 28.1. The van der Waals surface area contributed by atoms with E-state index in [1.807, 2.05) is 30.3 Å². The second-order valence-electron chi connectivity index (χ2n) is 8.07. The number of amides is 1. The van der Waals surface area contributed by atoms with Crippen LogP contribution in [-0.4, -0.2) is 41.5 Å². The van der Waals surface area contributed by atoms with E-state index >= 15 is 0 Å². The molecule has 0 aliphatic carbocycles. The largest absolute Gasteiger partial charge is 0.423 e. The molecule has 5 N–H and O–H groups in total. The zero-order valence-electron chi connectivity index (χ0n) is 20.4. The quantitative estimate of drug-likeness (QED) is 0.0525. The molecule has 0 unspecified atom stereocenters. The number of hydrogen-bond acceptors (Lipinski definition) is 8. The standard InChI is InChI=1S/C27H31N5O3S2/c28-26(29)20-9-13-23(14-10-20)35-27(34)21-7-11-22(12-8-21)30-16-3-1-4-17-31-24(33)15-19-36-37-25-6-2-5-18-32-25/h2,5-14,18,30H,1,3-4,15-17,19H2,(H3,28,29)(H,31,33). The average Bonchev–Trinajstić information content (AvgIpc) is 2.92. The minimum Gasteiger partial charge on any atom is -0.423 e. The van der Waals surface area contributed by atoms with Gasteiger partial charge in [0.05, 0.1) is 5.56 Å². The summed E-state index contributed by atoms with van der Waals surface area (Å²) in [4.78, 5) is 28.5. The maximum absolute atomic E-state index is 12.3. The van der Waals surface area contributed by atoms with Crippen molar-refractivity contribution in [3.05, 3.63) is 84.1 Å². The summed E-state index contributed by atoms with van der Waals surface area (Å²) in [6.07, 6.45) is 5.18. The van der Waals surface area contributed by atoms with Crippen LogP contribution in [-0.2, 0) is 4.79 Å². The number of nitrogens with one attached hydrogen (secondary N) is 3. The normalized spacial score (nSPS) is 10.5. The second-order valence-corrected chi connectivity index (χ2v) is 10.5. The number of amidine groups is 1. The summed E-state index contributed by atoms with van der Waals surface area (Å²) in [5.74, 6) is 0.743. The first-order chi connectivity index (χ1) is 18.0. The van der Waals surface area contributed by atoms with Gasteiger partial charge in [0.25, 0.3) is 0 Å². The molecule has 10 heteroatoms. The van der Waals surface area contributed by atoms with Crippen molar-refractivity contribution in [2.45, 2.75) is 30.7 Å². The molecule has 194 valence electrons. The lowest BCUT2D eigenvalue weighted by molar-refractivity contribution is -0.120. The molecule has 0 saturated carbocycles. The lowest BCUT2D eigenvalue weighted by atomic mass is 10.2. The molecule has 0 bridgehead atoms. The molecule has 2 aromatic carbocycles. The minimum atomic E-state index is -0.449. The molecule has 0 fully saturated rings. The van der Waals surface area contributed by atoms with E-state index < -0.39 is 5.97 Å². The molecule has 0 spiro atoms. The Balaban J connectivity index is 1.22. The predicted octanol–water partition coefficient (Wildman–Crippen LogP) is 5.11. The molecule has 1 heterocycles. The van der Waals surface area contributed by atoms with Gasteiger partial charge in [-0.1, -0.05) is 16.9 Å². The molecule has 0 saturated heterocycles. The summed E-state index contributed by atoms with van der Waals surface area (Å²) in [5, 5.41) is 14.7. The zero-order chi connectivity index (χ0) is 26.3. The zero-order valence-corrected chi connectivity index (χ0v) is 22.1. The number of hydrogen-bond donors (Lipinski definition) is 4. The number of nitrogen functional groups attached to an aromatic ring is 1. The Morgan fingerprint density at radius 1 is 0.919 bits per heavy atom. The highest BCUT2D eigenvalue weighted by Crippen LogP contribution is 2.29. The van der Waals surface area contributed by atoms with Crippen LogP contribution in [0.1, 0.15) is 41.6 Å². The number of esters is 1. The highest BCUT2D eigenvalue weighted by atomic mass is 33.1. The van der Waals surface area contributed by atoms with E-state index in [1.165, 1.54) is 0 Å². The highest BCUT2D eigenvalue weighted by Gasteiger charge is 2.09. The minimum absolute atomic E-state index is 0.0368. The van der Waals surface area contributed by atoms with E-state index in [4.69, 9.17) is 15.9 Å². The number of aromatic nitrogens is 1. The van der Waals surface area contributed by atoms with Crippen LogP contribution in [0, 0.1) is 5.41 Å². The molecule has 3 rings (SSSR count). The number of pyridine rings is 1. The van der Waals surface area contributed by atoms with Crippen molar-refractivity contribution in [2.75, 3.05) is 24.2 Å². The number of carbonyl (C=O) groups excluding carboxylic acids is 2. The number of nitrogens with zero attached hydrogens (tertiary/aromatic N) is 1. The van der Waals surface area contributed by atoms with Crippen LogP contribution in [0.3, 0.4) is 0 Å². The first-order valence-electron chi connectivity index (χ1n) is 12.0. The van der Waals surface area contributed by atoms with Crippen molar-refractivity contribution in [3.8, 4) is 5.75 Å². The summed E-state index contributed by atoms with van der Waals surface area (Å²) in [5.41, 5.74) is 7.38. The summed E-state index contributed by atoms with van der Waals surface area (Å²) in [6, 6.07) is 19.4. The molecule has 8 nitrogen and oxygen atoms in total. The number of anilines is 1. The van der Waals surface area contributed by atoms with E-state index in [0.717, 1.165) is 42.3 Å². The Kier molecular flexibility index (Phi) is 11.8. The lowest BCUT2D eigenvalue weighted by Gasteiger charge is -2.09. The predicted molar refractivity (Wildman–Crippen MR) is 151 cm³/mol. The topological polar surface area (TPSA) is 130 Å². The number of rotatable bonds is 15. The number of ether oxygens (including phenoxy) is 1. The van der Waals surface area contributed by atoms with Gasteiger partial charge >= 0.3 is 5.97 Å². The smallest absolute Gasteiger partial charge is 0.343 e. The van der Waals surface area contributed by atoms with Crippen molar-refractivity contribution < 1.29 is 14.3 Å². The van der Waals surface area contributed by atoms with E-state index in [9.17, 15) is 9.59 Å². The maximum Gasteiger partial charge on any atom is 0.343 e. The fourth-order valence-corrected chi connectivity index (χ4v) is 5.07. The van der Waals surface area contributed by atoms with E-state index in [2.05, 4.69) is 15.6 Å². The molecular weight excluding hydrogens is 506 g/mol. The molecule has 1 amide bonds. The SMILES string of the molecule is N=C(N)c1ccc(OC(=O)c2ccc(NCCCCCNC(=O)CCSSc3ccccn3)cc2)cc1. The van der Waals surface area contributed by atoms with Gasteiger partial charge in [-0.15, -0.1) is 0 Å². The van der Waals surface area contributed by atoms with Gasteiger partial charge in [0.1, 0.15) is 16.6 Å². The van der Waals surface area contributed by atoms with E-state index in [-0.39, 0.29) is 11.7 Å². The van der Waals surface area contributed by atoms with Crippen LogP contribution >= 0.6 is 21.6 Å². The van der Waals surface area contributed by atoms with E-state index in [1.54, 1.807) is 64.2 Å². The molecular formula is C27H31N5O3S2. The van der Waals surface area contributed by atoms with Crippen molar-refractivity contribution >= 4 is 45.0 Å². The van der Waals surface area contributed by atoms with E-state index in [0.29, 0.717) is 29.8 Å². The molecule has 1 aromatic heterocycles. The van der Waals surface area contributed by atoms with Gasteiger partial charge in [-0.25, -0.2) is 9.78 Å². The fourth-order valence-electron chi connectivity index (χ4n) is 3.20. The van der Waals surface area contributed by atoms with Crippen LogP contribution < -0.4 is 21.1 Å². The van der Waals surface area contributed by atoms with Crippen molar-refractivity contribution in [1.29, 1.82) is 5.41 Å². The Hall–Kier alpha value is -3.50. The van der Waals surface area contributed by atoms with Gasteiger partial charge in [-0.05, 0) is 90.7 Å². The fraction of sp³-hybridized carbons (Fsp3) is 0.259. The molecule has 0 aliphatic heterocycles. The number of benzene rings is 2. The third-order valence-corrected chi connectivity index (χ3v) is 7.46. The van der Waals surface area contributed by atoms with Gasteiger partial charge < -0.3 is 21.1 Å². The van der Waals surface area contributed by atoms with Gasteiger partial charge in [0.2, 0.25) is 5.91 Å². The van der Waals surface area contributed by atoms with Gasteiger partial charge in [0.15, 0.2) is 0 Å². The lowest BCUT2D eigenvalue weighted by Crippen LogP contribution is -2.24. The first-order valence-corrected chi connectivity index (χ1v) is 14.3. The molecule has 0 aliphatic rings. The third-order valence-electron chi connectivity index (χ3n) is 5.20. The molecule has 0 radical (unpaired) electrons. The second kappa shape index (κ2) is 15.6. The Morgan fingerprint density at radius 2 is 1.65 bits per heavy atom. The van der Waals surface area contributed by atoms with Crippen LogP contribution in [0.5, 0.6) is 5.75 Å². The van der Waals surface area contributed by atoms with Crippen LogP contribution in [0.15, 0.2) is 78.0 Å². The third kappa shape index (κ3) is 10.6. The van der Waals surface area contributed by atoms with Crippen molar-refractivity contribution in [1.82, 2.24) is 10.3 Å². The highest BCUT2D eigenvalue weighted by molar-refractivity contribution is 8.76. The molecule has 37 heavy (non-hydrogen) atoms. The Labute approximate surface area is 225 Å².